The van der Waals surface area contributed by atoms with Gasteiger partial charge in [0.25, 0.3) is 0 Å². The van der Waals surface area contributed by atoms with E-state index in [-0.39, 0.29) is 18.7 Å². The second-order valence-electron chi connectivity index (χ2n) is 3.33. The summed E-state index contributed by atoms with van der Waals surface area (Å²) < 4.78 is 0. The molecule has 3 atom stereocenters. The lowest BCUT2D eigenvalue weighted by Gasteiger charge is -2.22. The first-order chi connectivity index (χ1) is 5.24. The van der Waals surface area contributed by atoms with Gasteiger partial charge in [-0.3, -0.25) is 4.90 Å². The van der Waals surface area contributed by atoms with Crippen LogP contribution in [0.4, 0.5) is 4.79 Å². The molecule has 2 aliphatic rings. The number of rotatable bonds is 1. The van der Waals surface area contributed by atoms with Crippen LogP contribution in [0.15, 0.2) is 0 Å². The van der Waals surface area contributed by atoms with Gasteiger partial charge in [0.15, 0.2) is 0 Å². The minimum atomic E-state index is -0.881. The third-order valence-corrected chi connectivity index (χ3v) is 2.64. The molecular formula is C7H11NO3. The van der Waals surface area contributed by atoms with Crippen LogP contribution in [0.25, 0.3) is 0 Å². The highest BCUT2D eigenvalue weighted by atomic mass is 16.4. The van der Waals surface area contributed by atoms with E-state index in [2.05, 4.69) is 0 Å². The van der Waals surface area contributed by atoms with Crippen molar-refractivity contribution < 1.29 is 15.0 Å². The zero-order valence-corrected chi connectivity index (χ0v) is 6.10. The number of amides is 1. The van der Waals surface area contributed by atoms with Crippen molar-refractivity contribution in [1.82, 2.24) is 4.90 Å². The highest BCUT2D eigenvalue weighted by molar-refractivity contribution is 5.67. The Bertz CT molecular complexity index is 194. The van der Waals surface area contributed by atoms with E-state index in [1.54, 1.807) is 0 Å². The first-order valence-electron chi connectivity index (χ1n) is 3.86. The molecule has 0 spiro atoms. The fourth-order valence-corrected chi connectivity index (χ4v) is 2.02. The van der Waals surface area contributed by atoms with E-state index in [1.165, 1.54) is 4.90 Å². The Labute approximate surface area is 64.4 Å². The summed E-state index contributed by atoms with van der Waals surface area (Å²) in [5.74, 6) is 0.545. The van der Waals surface area contributed by atoms with Crippen molar-refractivity contribution in [2.24, 2.45) is 5.92 Å². The second kappa shape index (κ2) is 2.11. The van der Waals surface area contributed by atoms with Gasteiger partial charge in [0.2, 0.25) is 0 Å². The molecule has 1 aliphatic heterocycles. The molecule has 2 rings (SSSR count). The van der Waals surface area contributed by atoms with Gasteiger partial charge in [0, 0.05) is 6.04 Å². The topological polar surface area (TPSA) is 60.8 Å². The number of hydrogen-bond acceptors (Lipinski definition) is 2. The maximum absolute atomic E-state index is 10.6. The standard InChI is InChI=1S/C7H11NO3/c9-3-5-1-4-2-6(4)8(5)7(10)11/h4-6,9H,1-3H2,(H,10,11)/t4?,5-,6?/m0/s1. The Morgan fingerprint density at radius 3 is 2.73 bits per heavy atom. The maximum Gasteiger partial charge on any atom is 0.407 e. The number of nitrogens with zero attached hydrogens (tertiary/aromatic N) is 1. The van der Waals surface area contributed by atoms with Gasteiger partial charge in [-0.25, -0.2) is 4.79 Å². The van der Waals surface area contributed by atoms with Crippen LogP contribution in [-0.2, 0) is 0 Å². The molecule has 0 radical (unpaired) electrons. The summed E-state index contributed by atoms with van der Waals surface area (Å²) in [6.45, 7) is -0.0285. The number of aliphatic hydroxyl groups excluding tert-OH is 1. The van der Waals surface area contributed by atoms with E-state index in [0.29, 0.717) is 5.92 Å². The SMILES string of the molecule is O=C(O)N1C2CC2C[C@H]1CO. The maximum atomic E-state index is 10.6. The molecule has 62 valence electrons. The zero-order chi connectivity index (χ0) is 8.01. The molecule has 2 fully saturated rings. The highest BCUT2D eigenvalue weighted by Crippen LogP contribution is 2.47. The monoisotopic (exact) mass is 157 g/mol. The molecule has 2 N–H and O–H groups in total. The Morgan fingerprint density at radius 1 is 1.55 bits per heavy atom. The van der Waals surface area contributed by atoms with Crippen LogP contribution < -0.4 is 0 Å². The molecule has 0 bridgehead atoms. The Kier molecular flexibility index (Phi) is 1.32. The number of carbonyl (C=O) groups is 1. The van der Waals surface area contributed by atoms with Gasteiger partial charge in [0.1, 0.15) is 0 Å². The molecule has 1 aliphatic carbocycles. The largest absolute Gasteiger partial charge is 0.465 e. The molecule has 1 heterocycles. The molecular weight excluding hydrogens is 146 g/mol. The summed E-state index contributed by atoms with van der Waals surface area (Å²) in [5, 5.41) is 17.5. The quantitative estimate of drug-likeness (QED) is 0.568. The fourth-order valence-electron chi connectivity index (χ4n) is 2.02. The first kappa shape index (κ1) is 6.91. The zero-order valence-electron chi connectivity index (χ0n) is 6.10. The van der Waals surface area contributed by atoms with Crippen LogP contribution in [0.2, 0.25) is 0 Å². The van der Waals surface area contributed by atoms with E-state index < -0.39 is 6.09 Å². The van der Waals surface area contributed by atoms with Crippen LogP contribution in [0.1, 0.15) is 12.8 Å². The normalized spacial score (nSPS) is 40.5. The van der Waals surface area contributed by atoms with Crippen molar-refractivity contribution >= 4 is 6.09 Å². The Balaban J connectivity index is 2.08. The average Bonchev–Trinajstić information content (AvgIpc) is 2.61. The van der Waals surface area contributed by atoms with E-state index in [4.69, 9.17) is 10.2 Å². The van der Waals surface area contributed by atoms with E-state index in [0.717, 1.165) is 12.8 Å². The van der Waals surface area contributed by atoms with E-state index in [1.807, 2.05) is 0 Å². The highest BCUT2D eigenvalue weighted by Gasteiger charge is 2.53. The molecule has 4 heteroatoms. The lowest BCUT2D eigenvalue weighted by Crippen LogP contribution is -2.39. The lowest BCUT2D eigenvalue weighted by atomic mass is 10.2. The van der Waals surface area contributed by atoms with Crippen LogP contribution in [-0.4, -0.2) is 39.9 Å². The molecule has 4 nitrogen and oxygen atoms in total. The van der Waals surface area contributed by atoms with E-state index >= 15 is 0 Å². The number of fused-ring (bicyclic) bond motifs is 1. The minimum Gasteiger partial charge on any atom is -0.465 e. The third-order valence-electron chi connectivity index (χ3n) is 2.64. The molecule has 1 saturated heterocycles. The van der Waals surface area contributed by atoms with Crippen molar-refractivity contribution in [2.75, 3.05) is 6.61 Å². The van der Waals surface area contributed by atoms with Gasteiger partial charge in [-0.1, -0.05) is 0 Å². The smallest absolute Gasteiger partial charge is 0.407 e. The number of hydrogen-bond donors (Lipinski definition) is 2. The van der Waals surface area contributed by atoms with Crippen molar-refractivity contribution in [3.8, 4) is 0 Å². The van der Waals surface area contributed by atoms with Gasteiger partial charge in [-0.05, 0) is 18.8 Å². The molecule has 2 unspecified atom stereocenters. The molecule has 0 aromatic rings. The summed E-state index contributed by atoms with van der Waals surface area (Å²) in [7, 11) is 0. The van der Waals surface area contributed by atoms with Gasteiger partial charge in [-0.15, -0.1) is 0 Å². The van der Waals surface area contributed by atoms with Crippen LogP contribution >= 0.6 is 0 Å². The molecule has 11 heavy (non-hydrogen) atoms. The predicted octanol–water partition coefficient (Wildman–Crippen LogP) is 0.120. The fraction of sp³-hybridized carbons (Fsp3) is 0.857. The van der Waals surface area contributed by atoms with Crippen LogP contribution in [0, 0.1) is 5.92 Å². The Morgan fingerprint density at radius 2 is 2.27 bits per heavy atom. The van der Waals surface area contributed by atoms with Gasteiger partial charge < -0.3 is 10.2 Å². The van der Waals surface area contributed by atoms with Gasteiger partial charge >= 0.3 is 6.09 Å². The summed E-state index contributed by atoms with van der Waals surface area (Å²) in [4.78, 5) is 12.0. The number of carboxylic acid groups (broad SMARTS) is 1. The predicted molar refractivity (Wildman–Crippen MR) is 37.2 cm³/mol. The van der Waals surface area contributed by atoms with Crippen molar-refractivity contribution in [1.29, 1.82) is 0 Å². The van der Waals surface area contributed by atoms with Crippen molar-refractivity contribution in [2.45, 2.75) is 24.9 Å². The molecule has 1 amide bonds. The van der Waals surface area contributed by atoms with Gasteiger partial charge in [-0.2, -0.15) is 0 Å². The average molecular weight is 157 g/mol. The molecule has 1 saturated carbocycles. The first-order valence-corrected chi connectivity index (χ1v) is 3.86. The van der Waals surface area contributed by atoms with Crippen molar-refractivity contribution in [3.63, 3.8) is 0 Å². The summed E-state index contributed by atoms with van der Waals surface area (Å²) in [6, 6.07) is 0.0981. The van der Waals surface area contributed by atoms with Gasteiger partial charge in [0.05, 0.1) is 12.6 Å². The van der Waals surface area contributed by atoms with Crippen molar-refractivity contribution in [3.05, 3.63) is 0 Å². The lowest BCUT2D eigenvalue weighted by molar-refractivity contribution is 0.106. The third kappa shape index (κ3) is 0.894. The summed E-state index contributed by atoms with van der Waals surface area (Å²) in [6.07, 6.45) is 0.977. The van der Waals surface area contributed by atoms with Crippen LogP contribution in [0.5, 0.6) is 0 Å². The van der Waals surface area contributed by atoms with E-state index in [9.17, 15) is 4.79 Å². The second-order valence-corrected chi connectivity index (χ2v) is 3.33. The molecule has 0 aromatic heterocycles. The molecule has 0 aromatic carbocycles. The Hall–Kier alpha value is -0.770. The number of piperidine rings is 1. The summed E-state index contributed by atoms with van der Waals surface area (Å²) >= 11 is 0. The van der Waals surface area contributed by atoms with Crippen LogP contribution in [0.3, 0.4) is 0 Å². The summed E-state index contributed by atoms with van der Waals surface area (Å²) in [5.41, 5.74) is 0. The number of likely N-dealkylation sites (tertiary alicyclic amines) is 1. The number of aliphatic hydroxyl groups is 1. The minimum absolute atomic E-state index is 0.0285.